The fourth-order valence-electron chi connectivity index (χ4n) is 2.38. The summed E-state index contributed by atoms with van der Waals surface area (Å²) in [6.45, 7) is 5.38. The first-order valence-corrected chi connectivity index (χ1v) is 7.19. The van der Waals surface area contributed by atoms with Crippen LogP contribution in [-0.2, 0) is 11.3 Å². The lowest BCUT2D eigenvalue weighted by Gasteiger charge is -2.12. The quantitative estimate of drug-likeness (QED) is 0.505. The number of rotatable bonds is 6. The Morgan fingerprint density at radius 1 is 1.55 bits per heavy atom. The summed E-state index contributed by atoms with van der Waals surface area (Å²) in [6, 6.07) is 4.14. The number of carboxylic acids is 1. The molecule has 0 aliphatic heterocycles. The van der Waals surface area contributed by atoms with Gasteiger partial charge in [-0.2, -0.15) is 5.10 Å². The Morgan fingerprint density at radius 2 is 2.32 bits per heavy atom. The molecule has 1 aliphatic carbocycles. The average Bonchev–Trinajstić information content (AvgIpc) is 3.26. The fraction of sp³-hybridized carbons (Fsp3) is 0.312. The van der Waals surface area contributed by atoms with Gasteiger partial charge in [-0.05, 0) is 37.3 Å². The van der Waals surface area contributed by atoms with Crippen LogP contribution >= 0.6 is 0 Å². The molecule has 2 aromatic rings. The highest BCUT2D eigenvalue weighted by Gasteiger charge is 2.23. The molecule has 2 heterocycles. The minimum atomic E-state index is -0.974. The largest absolute Gasteiger partial charge is 0.478 e. The molecule has 0 atom stereocenters. The summed E-state index contributed by atoms with van der Waals surface area (Å²) >= 11 is 0. The number of fused-ring (bicyclic) bond motifs is 1. The van der Waals surface area contributed by atoms with Gasteiger partial charge >= 0.3 is 5.97 Å². The molecule has 6 nitrogen and oxygen atoms in total. The second-order valence-corrected chi connectivity index (χ2v) is 5.59. The Bertz CT molecular complexity index is 759. The molecule has 3 rings (SSSR count). The van der Waals surface area contributed by atoms with E-state index in [1.54, 1.807) is 0 Å². The highest BCUT2D eigenvalue weighted by molar-refractivity contribution is 5.85. The lowest BCUT2D eigenvalue weighted by Crippen LogP contribution is -2.12. The number of pyridine rings is 1. The second kappa shape index (κ2) is 5.63. The zero-order valence-electron chi connectivity index (χ0n) is 12.4. The highest BCUT2D eigenvalue weighted by Crippen LogP contribution is 2.39. The van der Waals surface area contributed by atoms with Crippen LogP contribution in [0.4, 0.5) is 0 Å². The van der Waals surface area contributed by atoms with E-state index in [0.29, 0.717) is 12.5 Å². The van der Waals surface area contributed by atoms with Crippen LogP contribution in [0.25, 0.3) is 5.65 Å². The summed E-state index contributed by atoms with van der Waals surface area (Å²) in [4.78, 5) is 15.4. The maximum atomic E-state index is 10.9. The Morgan fingerprint density at radius 3 is 2.95 bits per heavy atom. The molecule has 6 heteroatoms. The van der Waals surface area contributed by atoms with Gasteiger partial charge in [0, 0.05) is 25.3 Å². The van der Waals surface area contributed by atoms with Crippen LogP contribution < -0.4 is 0 Å². The molecule has 2 aromatic heterocycles. The van der Waals surface area contributed by atoms with Gasteiger partial charge in [0.05, 0.1) is 17.8 Å². The topological polar surface area (TPSA) is 70.2 Å². The summed E-state index contributed by atoms with van der Waals surface area (Å²) < 4.78 is 2.01. The summed E-state index contributed by atoms with van der Waals surface area (Å²) in [5.41, 5.74) is 3.24. The highest BCUT2D eigenvalue weighted by atomic mass is 16.4. The van der Waals surface area contributed by atoms with Crippen molar-refractivity contribution in [2.45, 2.75) is 32.2 Å². The van der Waals surface area contributed by atoms with Gasteiger partial charge < -0.3 is 9.51 Å². The molecule has 0 amide bonds. The third-order valence-electron chi connectivity index (χ3n) is 3.76. The van der Waals surface area contributed by atoms with Crippen molar-refractivity contribution in [3.8, 4) is 0 Å². The SMILES string of the molecule is C=NN(/C=C(\C)C(=O)O)Cc1cn2cc(C3CC3)ccc2n1. The number of hydrogen-bond donors (Lipinski definition) is 1. The van der Waals surface area contributed by atoms with Gasteiger partial charge in [0.15, 0.2) is 0 Å². The summed E-state index contributed by atoms with van der Waals surface area (Å²) in [6.07, 6.45) is 8.05. The van der Waals surface area contributed by atoms with Crippen molar-refractivity contribution in [1.82, 2.24) is 14.4 Å². The Balaban J connectivity index is 1.81. The predicted octanol–water partition coefficient (Wildman–Crippen LogP) is 2.62. The third-order valence-corrected chi connectivity index (χ3v) is 3.76. The first-order valence-electron chi connectivity index (χ1n) is 7.19. The maximum absolute atomic E-state index is 10.9. The van der Waals surface area contributed by atoms with E-state index in [1.165, 1.54) is 36.5 Å². The zero-order chi connectivity index (χ0) is 15.7. The lowest BCUT2D eigenvalue weighted by molar-refractivity contribution is -0.132. The summed E-state index contributed by atoms with van der Waals surface area (Å²) in [5.74, 6) is -0.277. The van der Waals surface area contributed by atoms with Crippen molar-refractivity contribution >= 4 is 18.3 Å². The summed E-state index contributed by atoms with van der Waals surface area (Å²) in [5, 5.41) is 14.2. The van der Waals surface area contributed by atoms with Gasteiger partial charge in [-0.25, -0.2) is 9.78 Å². The van der Waals surface area contributed by atoms with E-state index >= 15 is 0 Å². The van der Waals surface area contributed by atoms with Crippen LogP contribution in [0.1, 0.15) is 36.9 Å². The molecule has 1 saturated carbocycles. The predicted molar refractivity (Wildman–Crippen MR) is 83.7 cm³/mol. The fourth-order valence-corrected chi connectivity index (χ4v) is 2.38. The molecule has 0 bridgehead atoms. The lowest BCUT2D eigenvalue weighted by atomic mass is 10.2. The second-order valence-electron chi connectivity index (χ2n) is 5.59. The number of nitrogens with zero attached hydrogens (tertiary/aromatic N) is 4. The van der Waals surface area contributed by atoms with E-state index in [1.807, 2.05) is 16.7 Å². The average molecular weight is 298 g/mol. The van der Waals surface area contributed by atoms with Crippen LogP contribution in [0.2, 0.25) is 0 Å². The number of aromatic nitrogens is 2. The van der Waals surface area contributed by atoms with Gasteiger partial charge in [0.25, 0.3) is 0 Å². The van der Waals surface area contributed by atoms with Gasteiger partial charge in [-0.1, -0.05) is 6.07 Å². The number of carboxylic acid groups (broad SMARTS) is 1. The van der Waals surface area contributed by atoms with Crippen LogP contribution in [0.5, 0.6) is 0 Å². The van der Waals surface area contributed by atoms with Crippen molar-refractivity contribution in [1.29, 1.82) is 0 Å². The van der Waals surface area contributed by atoms with E-state index in [4.69, 9.17) is 5.11 Å². The number of aliphatic carboxylic acids is 1. The van der Waals surface area contributed by atoms with Gasteiger partial charge in [0.2, 0.25) is 0 Å². The molecule has 1 N–H and O–H groups in total. The number of carbonyl (C=O) groups is 1. The van der Waals surface area contributed by atoms with Crippen LogP contribution in [-0.4, -0.2) is 32.2 Å². The zero-order valence-corrected chi connectivity index (χ0v) is 12.4. The van der Waals surface area contributed by atoms with E-state index in [9.17, 15) is 4.79 Å². The Kier molecular flexibility index (Phi) is 3.66. The molecular weight excluding hydrogens is 280 g/mol. The maximum Gasteiger partial charge on any atom is 0.332 e. The third kappa shape index (κ3) is 3.00. The normalized spacial score (nSPS) is 15.0. The van der Waals surface area contributed by atoms with Crippen molar-refractivity contribution in [3.63, 3.8) is 0 Å². The van der Waals surface area contributed by atoms with Crippen LogP contribution in [0, 0.1) is 0 Å². The molecule has 0 saturated heterocycles. The van der Waals surface area contributed by atoms with Crippen molar-refractivity contribution in [2.24, 2.45) is 5.10 Å². The molecule has 1 fully saturated rings. The van der Waals surface area contributed by atoms with E-state index < -0.39 is 5.97 Å². The molecular formula is C16H18N4O2. The molecule has 114 valence electrons. The number of hydrogen-bond acceptors (Lipinski definition) is 4. The van der Waals surface area contributed by atoms with Crippen LogP contribution in [0.15, 0.2) is 41.4 Å². The van der Waals surface area contributed by atoms with Crippen molar-refractivity contribution in [2.75, 3.05) is 0 Å². The minimum absolute atomic E-state index is 0.201. The van der Waals surface area contributed by atoms with Crippen molar-refractivity contribution < 1.29 is 9.90 Å². The number of imidazole rings is 1. The van der Waals surface area contributed by atoms with E-state index in [-0.39, 0.29) is 5.57 Å². The van der Waals surface area contributed by atoms with E-state index in [2.05, 4.69) is 29.1 Å². The van der Waals surface area contributed by atoms with Gasteiger partial charge in [0.1, 0.15) is 5.65 Å². The molecule has 0 aromatic carbocycles. The van der Waals surface area contributed by atoms with Gasteiger partial charge in [-0.3, -0.25) is 5.01 Å². The Hall–Kier alpha value is -2.63. The van der Waals surface area contributed by atoms with Crippen LogP contribution in [0.3, 0.4) is 0 Å². The monoisotopic (exact) mass is 298 g/mol. The number of hydrazone groups is 1. The molecule has 1 aliphatic rings. The van der Waals surface area contributed by atoms with Gasteiger partial charge in [-0.15, -0.1) is 0 Å². The first-order chi connectivity index (χ1) is 10.6. The first kappa shape index (κ1) is 14.3. The minimum Gasteiger partial charge on any atom is -0.478 e. The Labute approximate surface area is 128 Å². The molecule has 22 heavy (non-hydrogen) atoms. The van der Waals surface area contributed by atoms with Crippen molar-refractivity contribution in [3.05, 3.63) is 47.6 Å². The van der Waals surface area contributed by atoms with E-state index in [0.717, 1.165) is 11.3 Å². The smallest absolute Gasteiger partial charge is 0.332 e. The summed E-state index contributed by atoms with van der Waals surface area (Å²) in [7, 11) is 0. The standard InChI is InChI=1S/C16H18N4O2/c1-11(16(21)22)7-20(17-2)10-14-9-19-8-13(12-3-4-12)5-6-15(19)18-14/h5-9,12H,2-4,10H2,1H3,(H,21,22)/b11-7+. The molecule has 0 unspecified atom stereocenters. The molecule has 0 radical (unpaired) electrons. The molecule has 0 spiro atoms.